The second-order valence-electron chi connectivity index (χ2n) is 3.96. The predicted molar refractivity (Wildman–Crippen MR) is 54.8 cm³/mol. The molecule has 1 aromatic rings. The number of halogens is 2. The van der Waals surface area contributed by atoms with Gasteiger partial charge in [-0.25, -0.2) is 8.78 Å². The van der Waals surface area contributed by atoms with Crippen LogP contribution in [0.25, 0.3) is 0 Å². The second-order valence-corrected chi connectivity index (χ2v) is 3.96. The lowest BCUT2D eigenvalue weighted by Gasteiger charge is -2.05. The van der Waals surface area contributed by atoms with Gasteiger partial charge in [0, 0.05) is 6.42 Å². The molecule has 0 aromatic heterocycles. The maximum absolute atomic E-state index is 13.2. The van der Waals surface area contributed by atoms with Crippen LogP contribution >= 0.6 is 0 Å². The van der Waals surface area contributed by atoms with E-state index in [-0.39, 0.29) is 17.8 Å². The maximum Gasteiger partial charge on any atom is 0.169 e. The molecule has 0 radical (unpaired) electrons. The Labute approximate surface area is 88.1 Å². The van der Waals surface area contributed by atoms with Crippen molar-refractivity contribution in [2.75, 3.05) is 0 Å². The molecule has 0 saturated heterocycles. The fourth-order valence-electron chi connectivity index (χ4n) is 1.27. The molecule has 0 aliphatic rings. The molecule has 1 nitrogen and oxygen atoms in total. The molecule has 1 aromatic carbocycles. The topological polar surface area (TPSA) is 17.1 Å². The van der Waals surface area contributed by atoms with E-state index in [1.807, 2.05) is 13.8 Å². The van der Waals surface area contributed by atoms with E-state index in [1.54, 1.807) is 0 Å². The van der Waals surface area contributed by atoms with Gasteiger partial charge in [-0.15, -0.1) is 0 Å². The van der Waals surface area contributed by atoms with Crippen molar-refractivity contribution in [3.63, 3.8) is 0 Å². The first kappa shape index (κ1) is 11.8. The van der Waals surface area contributed by atoms with Crippen LogP contribution in [-0.2, 0) is 0 Å². The molecule has 0 fully saturated rings. The summed E-state index contributed by atoms with van der Waals surface area (Å²) >= 11 is 0. The molecular formula is C12H14F2O. The average Bonchev–Trinajstić information content (AvgIpc) is 2.18. The number of Topliss-reactive ketones (excluding diaryl/α,β-unsaturated/α-hetero) is 1. The Morgan fingerprint density at radius 2 is 2.00 bits per heavy atom. The number of ketones is 1. The van der Waals surface area contributed by atoms with Gasteiger partial charge >= 0.3 is 0 Å². The van der Waals surface area contributed by atoms with E-state index in [0.29, 0.717) is 12.3 Å². The standard InChI is InChI=1S/C12H14F2O/c1-8(2)6-7-11(15)9-4-3-5-10(13)12(9)14/h3-5,8H,6-7H2,1-2H3. The third kappa shape index (κ3) is 3.11. The van der Waals surface area contributed by atoms with Gasteiger partial charge in [-0.2, -0.15) is 0 Å². The molecule has 0 unspecified atom stereocenters. The van der Waals surface area contributed by atoms with Gasteiger partial charge in [0.05, 0.1) is 5.56 Å². The monoisotopic (exact) mass is 212 g/mol. The van der Waals surface area contributed by atoms with E-state index in [9.17, 15) is 13.6 Å². The minimum Gasteiger partial charge on any atom is -0.294 e. The number of carbonyl (C=O) groups is 1. The highest BCUT2D eigenvalue weighted by molar-refractivity contribution is 5.96. The van der Waals surface area contributed by atoms with Crippen molar-refractivity contribution in [1.29, 1.82) is 0 Å². The van der Waals surface area contributed by atoms with Crippen LogP contribution in [-0.4, -0.2) is 5.78 Å². The van der Waals surface area contributed by atoms with E-state index in [0.717, 1.165) is 6.07 Å². The van der Waals surface area contributed by atoms with Crippen LogP contribution in [0.15, 0.2) is 18.2 Å². The number of carbonyl (C=O) groups excluding carboxylic acids is 1. The Hall–Kier alpha value is -1.25. The summed E-state index contributed by atoms with van der Waals surface area (Å²) in [7, 11) is 0. The van der Waals surface area contributed by atoms with Gasteiger partial charge in [0.2, 0.25) is 0 Å². The van der Waals surface area contributed by atoms with Crippen LogP contribution in [0, 0.1) is 17.6 Å². The third-order valence-corrected chi connectivity index (χ3v) is 2.20. The van der Waals surface area contributed by atoms with Crippen LogP contribution in [0.4, 0.5) is 8.78 Å². The van der Waals surface area contributed by atoms with Crippen LogP contribution < -0.4 is 0 Å². The van der Waals surface area contributed by atoms with Gasteiger partial charge in [0.1, 0.15) is 0 Å². The van der Waals surface area contributed by atoms with Crippen molar-refractivity contribution in [2.24, 2.45) is 5.92 Å². The normalized spacial score (nSPS) is 10.7. The molecule has 82 valence electrons. The summed E-state index contributed by atoms with van der Waals surface area (Å²) in [6.07, 6.45) is 0.951. The molecule has 3 heteroatoms. The Morgan fingerprint density at radius 3 is 2.60 bits per heavy atom. The van der Waals surface area contributed by atoms with Gasteiger partial charge in [-0.1, -0.05) is 19.9 Å². The van der Waals surface area contributed by atoms with E-state index in [4.69, 9.17) is 0 Å². The van der Waals surface area contributed by atoms with Crippen LogP contribution in [0.1, 0.15) is 37.0 Å². The first-order valence-corrected chi connectivity index (χ1v) is 4.99. The minimum atomic E-state index is -1.04. The molecule has 0 aliphatic heterocycles. The molecular weight excluding hydrogens is 198 g/mol. The maximum atomic E-state index is 13.2. The average molecular weight is 212 g/mol. The Balaban J connectivity index is 2.78. The van der Waals surface area contributed by atoms with Crippen molar-refractivity contribution in [3.05, 3.63) is 35.4 Å². The SMILES string of the molecule is CC(C)CCC(=O)c1cccc(F)c1F. The lowest BCUT2D eigenvalue weighted by molar-refractivity contribution is 0.0970. The molecule has 0 spiro atoms. The summed E-state index contributed by atoms with van der Waals surface area (Å²) in [5, 5.41) is 0. The number of hydrogen-bond donors (Lipinski definition) is 0. The van der Waals surface area contributed by atoms with Crippen molar-refractivity contribution in [1.82, 2.24) is 0 Å². The summed E-state index contributed by atoms with van der Waals surface area (Å²) in [6, 6.07) is 3.68. The molecule has 0 heterocycles. The van der Waals surface area contributed by atoms with Gasteiger partial charge in [-0.05, 0) is 24.5 Å². The van der Waals surface area contributed by atoms with E-state index >= 15 is 0 Å². The lowest BCUT2D eigenvalue weighted by atomic mass is 10.0. The van der Waals surface area contributed by atoms with Crippen molar-refractivity contribution in [3.8, 4) is 0 Å². The fraction of sp³-hybridized carbons (Fsp3) is 0.417. The zero-order valence-electron chi connectivity index (χ0n) is 8.89. The smallest absolute Gasteiger partial charge is 0.169 e. The van der Waals surface area contributed by atoms with Crippen molar-refractivity contribution in [2.45, 2.75) is 26.7 Å². The minimum absolute atomic E-state index is 0.143. The second kappa shape index (κ2) is 5.01. The van der Waals surface area contributed by atoms with Gasteiger partial charge in [-0.3, -0.25) is 4.79 Å². The molecule has 0 bridgehead atoms. The first-order chi connectivity index (χ1) is 7.02. The molecule has 0 aliphatic carbocycles. The van der Waals surface area contributed by atoms with Crippen molar-refractivity contribution < 1.29 is 13.6 Å². The number of rotatable bonds is 4. The van der Waals surface area contributed by atoms with Gasteiger partial charge in [0.15, 0.2) is 17.4 Å². The summed E-state index contributed by atoms with van der Waals surface area (Å²) < 4.78 is 26.0. The van der Waals surface area contributed by atoms with Gasteiger partial charge in [0.25, 0.3) is 0 Å². The highest BCUT2D eigenvalue weighted by atomic mass is 19.2. The van der Waals surface area contributed by atoms with Crippen LogP contribution in [0.5, 0.6) is 0 Å². The zero-order valence-corrected chi connectivity index (χ0v) is 8.89. The molecule has 1 rings (SSSR count). The molecule has 0 atom stereocenters. The van der Waals surface area contributed by atoms with Crippen LogP contribution in [0.3, 0.4) is 0 Å². The number of hydrogen-bond acceptors (Lipinski definition) is 1. The lowest BCUT2D eigenvalue weighted by Crippen LogP contribution is -2.05. The van der Waals surface area contributed by atoms with E-state index in [1.165, 1.54) is 12.1 Å². The summed E-state index contributed by atoms with van der Waals surface area (Å²) in [6.45, 7) is 3.96. The third-order valence-electron chi connectivity index (χ3n) is 2.20. The molecule has 0 saturated carbocycles. The fourth-order valence-corrected chi connectivity index (χ4v) is 1.27. The van der Waals surface area contributed by atoms with Gasteiger partial charge < -0.3 is 0 Å². The number of benzene rings is 1. The van der Waals surface area contributed by atoms with E-state index in [2.05, 4.69) is 0 Å². The molecule has 0 N–H and O–H groups in total. The van der Waals surface area contributed by atoms with Crippen molar-refractivity contribution >= 4 is 5.78 Å². The quantitative estimate of drug-likeness (QED) is 0.697. The summed E-state index contributed by atoms with van der Waals surface area (Å²) in [4.78, 5) is 11.5. The zero-order chi connectivity index (χ0) is 11.4. The largest absolute Gasteiger partial charge is 0.294 e. The summed E-state index contributed by atoms with van der Waals surface area (Å²) in [5.74, 6) is -1.96. The molecule has 0 amide bonds. The Kier molecular flexibility index (Phi) is 3.95. The van der Waals surface area contributed by atoms with E-state index < -0.39 is 11.6 Å². The first-order valence-electron chi connectivity index (χ1n) is 4.99. The summed E-state index contributed by atoms with van der Waals surface area (Å²) in [5.41, 5.74) is -0.143. The Bertz CT molecular complexity index is 359. The predicted octanol–water partition coefficient (Wildman–Crippen LogP) is 3.58. The highest BCUT2D eigenvalue weighted by Gasteiger charge is 2.14. The molecule has 15 heavy (non-hydrogen) atoms. The van der Waals surface area contributed by atoms with Crippen LogP contribution in [0.2, 0.25) is 0 Å². The Morgan fingerprint density at radius 1 is 1.33 bits per heavy atom. The highest BCUT2D eigenvalue weighted by Crippen LogP contribution is 2.15.